The molecule has 0 saturated carbocycles. The molecule has 1 aromatic rings. The van der Waals surface area contributed by atoms with E-state index in [4.69, 9.17) is 5.73 Å². The SMILES string of the molecule is NCCC(=O)c1ccc(Br)cc1. The Hall–Kier alpha value is -0.670. The van der Waals surface area contributed by atoms with Crippen molar-refractivity contribution in [2.24, 2.45) is 5.73 Å². The van der Waals surface area contributed by atoms with E-state index in [0.29, 0.717) is 13.0 Å². The Balaban J connectivity index is 2.75. The molecule has 0 fully saturated rings. The Kier molecular flexibility index (Phi) is 3.44. The van der Waals surface area contributed by atoms with E-state index in [1.807, 2.05) is 12.1 Å². The zero-order valence-electron chi connectivity index (χ0n) is 6.59. The van der Waals surface area contributed by atoms with E-state index in [0.717, 1.165) is 10.0 Å². The molecule has 0 aliphatic rings. The van der Waals surface area contributed by atoms with Crippen molar-refractivity contribution in [3.8, 4) is 0 Å². The van der Waals surface area contributed by atoms with Crippen molar-refractivity contribution in [3.05, 3.63) is 34.3 Å². The second-order valence-electron chi connectivity index (χ2n) is 2.47. The normalized spacial score (nSPS) is 9.83. The van der Waals surface area contributed by atoms with Gasteiger partial charge in [-0.05, 0) is 18.7 Å². The average Bonchev–Trinajstić information content (AvgIpc) is 2.06. The number of Topliss-reactive ketones (excluding diaryl/α,β-unsaturated/α-hetero) is 1. The molecular weight excluding hydrogens is 218 g/mol. The van der Waals surface area contributed by atoms with Crippen LogP contribution in [-0.4, -0.2) is 12.3 Å². The molecule has 0 aliphatic heterocycles. The van der Waals surface area contributed by atoms with Gasteiger partial charge in [0.05, 0.1) is 0 Å². The van der Waals surface area contributed by atoms with Crippen LogP contribution in [0.4, 0.5) is 0 Å². The molecule has 2 nitrogen and oxygen atoms in total. The highest BCUT2D eigenvalue weighted by atomic mass is 79.9. The monoisotopic (exact) mass is 227 g/mol. The Morgan fingerprint density at radius 3 is 2.42 bits per heavy atom. The predicted molar refractivity (Wildman–Crippen MR) is 52.1 cm³/mol. The molecule has 3 heteroatoms. The minimum absolute atomic E-state index is 0.102. The Morgan fingerprint density at radius 2 is 1.92 bits per heavy atom. The number of nitrogens with two attached hydrogens (primary N) is 1. The van der Waals surface area contributed by atoms with Gasteiger partial charge in [0, 0.05) is 16.5 Å². The van der Waals surface area contributed by atoms with Crippen molar-refractivity contribution in [1.82, 2.24) is 0 Å². The fourth-order valence-corrected chi connectivity index (χ4v) is 1.18. The quantitative estimate of drug-likeness (QED) is 0.803. The molecule has 2 N–H and O–H groups in total. The molecule has 12 heavy (non-hydrogen) atoms. The first-order chi connectivity index (χ1) is 5.74. The smallest absolute Gasteiger partial charge is 0.164 e. The highest BCUT2D eigenvalue weighted by Gasteiger charge is 2.02. The summed E-state index contributed by atoms with van der Waals surface area (Å²) in [5.41, 5.74) is 5.99. The molecule has 1 aromatic carbocycles. The van der Waals surface area contributed by atoms with Crippen LogP contribution in [0.25, 0.3) is 0 Å². The van der Waals surface area contributed by atoms with Gasteiger partial charge in [-0.3, -0.25) is 4.79 Å². The highest BCUT2D eigenvalue weighted by Crippen LogP contribution is 2.11. The zero-order valence-corrected chi connectivity index (χ0v) is 8.17. The molecule has 0 amide bonds. The Labute approximate surface area is 79.9 Å². The maximum Gasteiger partial charge on any atom is 0.164 e. The largest absolute Gasteiger partial charge is 0.330 e. The molecule has 64 valence electrons. The molecule has 0 aromatic heterocycles. The van der Waals surface area contributed by atoms with Crippen molar-refractivity contribution in [2.45, 2.75) is 6.42 Å². The second-order valence-corrected chi connectivity index (χ2v) is 3.38. The van der Waals surface area contributed by atoms with E-state index in [2.05, 4.69) is 15.9 Å². The van der Waals surface area contributed by atoms with Crippen LogP contribution in [0, 0.1) is 0 Å². The first kappa shape index (κ1) is 9.42. The molecule has 0 aliphatic carbocycles. The van der Waals surface area contributed by atoms with Crippen LogP contribution in [0.5, 0.6) is 0 Å². The summed E-state index contributed by atoms with van der Waals surface area (Å²) >= 11 is 3.30. The van der Waals surface area contributed by atoms with Crippen molar-refractivity contribution in [2.75, 3.05) is 6.54 Å². The molecule has 0 heterocycles. The molecule has 0 atom stereocenters. The summed E-state index contributed by atoms with van der Waals surface area (Å²) in [6, 6.07) is 7.29. The van der Waals surface area contributed by atoms with Crippen LogP contribution in [0.2, 0.25) is 0 Å². The van der Waals surface area contributed by atoms with Crippen LogP contribution < -0.4 is 5.73 Å². The van der Waals surface area contributed by atoms with Gasteiger partial charge >= 0.3 is 0 Å². The van der Waals surface area contributed by atoms with Crippen molar-refractivity contribution < 1.29 is 4.79 Å². The fraction of sp³-hybridized carbons (Fsp3) is 0.222. The Bertz CT molecular complexity index is 268. The summed E-state index contributed by atoms with van der Waals surface area (Å²) in [5, 5.41) is 0. The number of ketones is 1. The molecule has 0 radical (unpaired) electrons. The van der Waals surface area contributed by atoms with Gasteiger partial charge in [-0.25, -0.2) is 0 Å². The van der Waals surface area contributed by atoms with E-state index in [-0.39, 0.29) is 5.78 Å². The summed E-state index contributed by atoms with van der Waals surface area (Å²) in [5.74, 6) is 0.102. The van der Waals surface area contributed by atoms with Gasteiger partial charge in [0.1, 0.15) is 0 Å². The third-order valence-electron chi connectivity index (χ3n) is 1.54. The summed E-state index contributed by atoms with van der Waals surface area (Å²) in [4.78, 5) is 11.3. The van der Waals surface area contributed by atoms with Gasteiger partial charge in [-0.1, -0.05) is 28.1 Å². The summed E-state index contributed by atoms with van der Waals surface area (Å²) in [6.07, 6.45) is 0.418. The first-order valence-corrected chi connectivity index (χ1v) is 4.52. The molecular formula is C9H10BrNO. The van der Waals surface area contributed by atoms with E-state index in [9.17, 15) is 4.79 Å². The van der Waals surface area contributed by atoms with E-state index in [1.165, 1.54) is 0 Å². The lowest BCUT2D eigenvalue weighted by molar-refractivity contribution is 0.0985. The summed E-state index contributed by atoms with van der Waals surface area (Å²) in [7, 11) is 0. The minimum Gasteiger partial charge on any atom is -0.330 e. The predicted octanol–water partition coefficient (Wildman–Crippen LogP) is 1.98. The molecule has 0 saturated heterocycles. The lowest BCUT2D eigenvalue weighted by Gasteiger charge is -1.97. The molecule has 0 unspecified atom stereocenters. The number of halogens is 1. The third kappa shape index (κ3) is 2.43. The number of benzene rings is 1. The standard InChI is InChI=1S/C9H10BrNO/c10-8-3-1-7(2-4-8)9(12)5-6-11/h1-4H,5-6,11H2. The van der Waals surface area contributed by atoms with E-state index >= 15 is 0 Å². The summed E-state index contributed by atoms with van der Waals surface area (Å²) < 4.78 is 0.979. The van der Waals surface area contributed by atoms with Gasteiger partial charge in [0.15, 0.2) is 5.78 Å². The van der Waals surface area contributed by atoms with Crippen molar-refractivity contribution in [1.29, 1.82) is 0 Å². The van der Waals surface area contributed by atoms with Crippen molar-refractivity contribution in [3.63, 3.8) is 0 Å². The number of rotatable bonds is 3. The number of carbonyl (C=O) groups excluding carboxylic acids is 1. The second kappa shape index (κ2) is 4.38. The maximum absolute atomic E-state index is 11.3. The lowest BCUT2D eigenvalue weighted by Crippen LogP contribution is -2.07. The number of carbonyl (C=O) groups is 1. The van der Waals surface area contributed by atoms with Gasteiger partial charge in [-0.2, -0.15) is 0 Å². The molecule has 0 spiro atoms. The van der Waals surface area contributed by atoms with Gasteiger partial charge in [0.25, 0.3) is 0 Å². The molecule has 0 bridgehead atoms. The maximum atomic E-state index is 11.3. The van der Waals surface area contributed by atoms with Crippen LogP contribution in [0.1, 0.15) is 16.8 Å². The minimum atomic E-state index is 0.102. The van der Waals surface area contributed by atoms with Gasteiger partial charge < -0.3 is 5.73 Å². The van der Waals surface area contributed by atoms with Crippen molar-refractivity contribution >= 4 is 21.7 Å². The average molecular weight is 228 g/mol. The molecule has 1 rings (SSSR count). The third-order valence-corrected chi connectivity index (χ3v) is 2.07. The highest BCUT2D eigenvalue weighted by molar-refractivity contribution is 9.10. The van der Waals surface area contributed by atoms with Gasteiger partial charge in [0.2, 0.25) is 0 Å². The van der Waals surface area contributed by atoms with Gasteiger partial charge in [-0.15, -0.1) is 0 Å². The van der Waals surface area contributed by atoms with Crippen LogP contribution in [0.3, 0.4) is 0 Å². The first-order valence-electron chi connectivity index (χ1n) is 3.73. The topological polar surface area (TPSA) is 43.1 Å². The van der Waals surface area contributed by atoms with Crippen LogP contribution in [0.15, 0.2) is 28.7 Å². The fourth-order valence-electron chi connectivity index (χ4n) is 0.911. The van der Waals surface area contributed by atoms with Crippen LogP contribution in [-0.2, 0) is 0 Å². The van der Waals surface area contributed by atoms with Crippen LogP contribution >= 0.6 is 15.9 Å². The lowest BCUT2D eigenvalue weighted by atomic mass is 10.1. The number of hydrogen-bond donors (Lipinski definition) is 1. The zero-order chi connectivity index (χ0) is 8.97. The van der Waals surface area contributed by atoms with E-state index < -0.39 is 0 Å². The Morgan fingerprint density at radius 1 is 1.33 bits per heavy atom. The van der Waals surface area contributed by atoms with E-state index in [1.54, 1.807) is 12.1 Å². The number of hydrogen-bond acceptors (Lipinski definition) is 2. The summed E-state index contributed by atoms with van der Waals surface area (Å²) in [6.45, 7) is 0.412.